The molecule has 0 bridgehead atoms. The number of hydrogen-bond donors (Lipinski definition) is 1. The van der Waals surface area contributed by atoms with Crippen molar-refractivity contribution in [3.63, 3.8) is 0 Å². The van der Waals surface area contributed by atoms with Crippen molar-refractivity contribution in [1.82, 2.24) is 10.2 Å². The number of piperidine rings is 1. The maximum absolute atomic E-state index is 12.4. The van der Waals surface area contributed by atoms with Crippen LogP contribution in [0.15, 0.2) is 48.5 Å². The van der Waals surface area contributed by atoms with Gasteiger partial charge in [-0.2, -0.15) is 0 Å². The summed E-state index contributed by atoms with van der Waals surface area (Å²) in [6, 6.07) is 14.1. The maximum atomic E-state index is 12.4. The predicted octanol–water partition coefficient (Wildman–Crippen LogP) is 3.79. The fraction of sp³-hybridized carbons (Fsp3) is 0.300. The van der Waals surface area contributed by atoms with Crippen LogP contribution in [0.5, 0.6) is 5.75 Å². The van der Waals surface area contributed by atoms with E-state index in [0.29, 0.717) is 47.3 Å². The standard InChI is InChI=1S/C20H20Cl2N2O3/c21-15-6-7-18(17(22)12-15)27-13-19(25)23-16-8-10-24(11-9-16)20(26)14-4-2-1-3-5-14/h1-7,12,16H,8-11,13H2,(H,23,25). The normalized spacial score (nSPS) is 14.7. The Morgan fingerprint density at radius 2 is 1.78 bits per heavy atom. The topological polar surface area (TPSA) is 58.6 Å². The number of ether oxygens (including phenoxy) is 1. The van der Waals surface area contributed by atoms with E-state index in [9.17, 15) is 9.59 Å². The largest absolute Gasteiger partial charge is 0.482 e. The lowest BCUT2D eigenvalue weighted by molar-refractivity contribution is -0.124. The number of likely N-dealkylation sites (tertiary alicyclic amines) is 1. The van der Waals surface area contributed by atoms with E-state index in [0.717, 1.165) is 0 Å². The molecule has 1 fully saturated rings. The Bertz CT molecular complexity index is 806. The van der Waals surface area contributed by atoms with E-state index in [2.05, 4.69) is 5.32 Å². The van der Waals surface area contributed by atoms with E-state index < -0.39 is 0 Å². The Hall–Kier alpha value is -2.24. The van der Waals surface area contributed by atoms with Gasteiger partial charge in [0.2, 0.25) is 0 Å². The fourth-order valence-corrected chi connectivity index (χ4v) is 3.46. The molecule has 0 spiro atoms. The Labute approximate surface area is 168 Å². The zero-order valence-corrected chi connectivity index (χ0v) is 16.2. The summed E-state index contributed by atoms with van der Waals surface area (Å²) >= 11 is 11.9. The lowest BCUT2D eigenvalue weighted by atomic mass is 10.0. The van der Waals surface area contributed by atoms with Crippen molar-refractivity contribution in [2.75, 3.05) is 19.7 Å². The van der Waals surface area contributed by atoms with Crippen LogP contribution in [0.4, 0.5) is 0 Å². The molecule has 0 unspecified atom stereocenters. The molecule has 0 saturated carbocycles. The number of carbonyl (C=O) groups is 2. The predicted molar refractivity (Wildman–Crippen MR) is 105 cm³/mol. The van der Waals surface area contributed by atoms with Gasteiger partial charge in [-0.15, -0.1) is 0 Å². The van der Waals surface area contributed by atoms with Crippen LogP contribution in [-0.2, 0) is 4.79 Å². The molecule has 2 aromatic rings. The Balaban J connectivity index is 1.43. The molecule has 7 heteroatoms. The van der Waals surface area contributed by atoms with E-state index in [4.69, 9.17) is 27.9 Å². The van der Waals surface area contributed by atoms with Crippen molar-refractivity contribution in [2.24, 2.45) is 0 Å². The monoisotopic (exact) mass is 406 g/mol. The van der Waals surface area contributed by atoms with Crippen molar-refractivity contribution in [2.45, 2.75) is 18.9 Å². The summed E-state index contributed by atoms with van der Waals surface area (Å²) in [5.41, 5.74) is 0.688. The second-order valence-corrected chi connectivity index (χ2v) is 7.21. The first-order valence-corrected chi connectivity index (χ1v) is 9.50. The molecule has 1 aliphatic heterocycles. The van der Waals surface area contributed by atoms with Gasteiger partial charge in [0, 0.05) is 29.7 Å². The SMILES string of the molecule is O=C(COc1ccc(Cl)cc1Cl)NC1CCN(C(=O)c2ccccc2)CC1. The zero-order chi connectivity index (χ0) is 19.2. The minimum absolute atomic E-state index is 0.0288. The summed E-state index contributed by atoms with van der Waals surface area (Å²) in [5, 5.41) is 3.82. The first-order valence-electron chi connectivity index (χ1n) is 8.74. The van der Waals surface area contributed by atoms with E-state index in [1.165, 1.54) is 0 Å². The van der Waals surface area contributed by atoms with Crippen molar-refractivity contribution in [3.05, 3.63) is 64.1 Å². The van der Waals surface area contributed by atoms with E-state index in [1.54, 1.807) is 18.2 Å². The lowest BCUT2D eigenvalue weighted by Gasteiger charge is -2.32. The average Bonchev–Trinajstić information content (AvgIpc) is 2.68. The van der Waals surface area contributed by atoms with Gasteiger partial charge in [-0.3, -0.25) is 9.59 Å². The van der Waals surface area contributed by atoms with Crippen LogP contribution >= 0.6 is 23.2 Å². The van der Waals surface area contributed by atoms with Crippen LogP contribution in [0, 0.1) is 0 Å². The summed E-state index contributed by atoms with van der Waals surface area (Å²) in [4.78, 5) is 26.4. The van der Waals surface area contributed by atoms with E-state index >= 15 is 0 Å². The second kappa shape index (κ2) is 9.11. The number of hydrogen-bond acceptors (Lipinski definition) is 3. The Morgan fingerprint density at radius 3 is 2.44 bits per heavy atom. The molecule has 0 atom stereocenters. The van der Waals surface area contributed by atoms with Crippen LogP contribution in [0.3, 0.4) is 0 Å². The molecule has 27 heavy (non-hydrogen) atoms. The lowest BCUT2D eigenvalue weighted by Crippen LogP contribution is -2.47. The third-order valence-electron chi connectivity index (χ3n) is 4.42. The van der Waals surface area contributed by atoms with Crippen LogP contribution in [-0.4, -0.2) is 42.5 Å². The Morgan fingerprint density at radius 1 is 1.07 bits per heavy atom. The number of nitrogens with one attached hydrogen (secondary N) is 1. The number of amides is 2. The Kier molecular flexibility index (Phi) is 6.58. The van der Waals surface area contributed by atoms with Gasteiger partial charge in [-0.25, -0.2) is 0 Å². The van der Waals surface area contributed by atoms with Crippen molar-refractivity contribution >= 4 is 35.0 Å². The van der Waals surface area contributed by atoms with Crippen LogP contribution in [0.25, 0.3) is 0 Å². The van der Waals surface area contributed by atoms with Crippen molar-refractivity contribution in [1.29, 1.82) is 0 Å². The van der Waals surface area contributed by atoms with Crippen molar-refractivity contribution in [3.8, 4) is 5.75 Å². The van der Waals surface area contributed by atoms with Gasteiger partial charge < -0.3 is 15.0 Å². The second-order valence-electron chi connectivity index (χ2n) is 6.36. The molecule has 5 nitrogen and oxygen atoms in total. The fourth-order valence-electron chi connectivity index (χ4n) is 3.00. The first kappa shape index (κ1) is 19.5. The van der Waals surface area contributed by atoms with Crippen molar-refractivity contribution < 1.29 is 14.3 Å². The van der Waals surface area contributed by atoms with E-state index in [-0.39, 0.29) is 24.5 Å². The van der Waals surface area contributed by atoms with Gasteiger partial charge in [0.1, 0.15) is 5.75 Å². The molecule has 1 saturated heterocycles. The molecule has 0 aliphatic carbocycles. The van der Waals surface area contributed by atoms with Crippen LogP contribution in [0.1, 0.15) is 23.2 Å². The molecule has 142 valence electrons. The first-order chi connectivity index (χ1) is 13.0. The summed E-state index contributed by atoms with van der Waals surface area (Å²) < 4.78 is 5.45. The highest BCUT2D eigenvalue weighted by atomic mass is 35.5. The number of benzene rings is 2. The highest BCUT2D eigenvalue weighted by Crippen LogP contribution is 2.27. The highest BCUT2D eigenvalue weighted by Gasteiger charge is 2.24. The van der Waals surface area contributed by atoms with Gasteiger partial charge in [0.15, 0.2) is 6.61 Å². The summed E-state index contributed by atoms with van der Waals surface area (Å²) in [7, 11) is 0. The van der Waals surface area contributed by atoms with Crippen LogP contribution < -0.4 is 10.1 Å². The third-order valence-corrected chi connectivity index (χ3v) is 4.95. The quantitative estimate of drug-likeness (QED) is 0.821. The van der Waals surface area contributed by atoms with Gasteiger partial charge in [-0.05, 0) is 43.2 Å². The molecule has 3 rings (SSSR count). The zero-order valence-electron chi connectivity index (χ0n) is 14.7. The maximum Gasteiger partial charge on any atom is 0.258 e. The number of halogens is 2. The summed E-state index contributed by atoms with van der Waals surface area (Å²) in [5.74, 6) is 0.231. The molecular weight excluding hydrogens is 387 g/mol. The minimum Gasteiger partial charge on any atom is -0.482 e. The molecule has 1 aliphatic rings. The van der Waals surface area contributed by atoms with Gasteiger partial charge in [0.05, 0.1) is 5.02 Å². The summed E-state index contributed by atoms with van der Waals surface area (Å²) in [6.07, 6.45) is 1.43. The van der Waals surface area contributed by atoms with Gasteiger partial charge in [0.25, 0.3) is 11.8 Å². The molecular formula is C20H20Cl2N2O3. The number of nitrogens with zero attached hydrogens (tertiary/aromatic N) is 1. The molecule has 2 aromatic carbocycles. The number of rotatable bonds is 5. The van der Waals surface area contributed by atoms with E-state index in [1.807, 2.05) is 35.2 Å². The molecule has 2 amide bonds. The number of carbonyl (C=O) groups excluding carboxylic acids is 2. The van der Waals surface area contributed by atoms with Gasteiger partial charge in [-0.1, -0.05) is 41.4 Å². The smallest absolute Gasteiger partial charge is 0.258 e. The van der Waals surface area contributed by atoms with Gasteiger partial charge >= 0.3 is 0 Å². The summed E-state index contributed by atoms with van der Waals surface area (Å²) in [6.45, 7) is 1.11. The molecule has 0 radical (unpaired) electrons. The molecule has 1 heterocycles. The molecule has 0 aromatic heterocycles. The van der Waals surface area contributed by atoms with Crippen LogP contribution in [0.2, 0.25) is 10.0 Å². The average molecular weight is 407 g/mol. The minimum atomic E-state index is -0.214. The third kappa shape index (κ3) is 5.37. The molecule has 1 N–H and O–H groups in total. The highest BCUT2D eigenvalue weighted by molar-refractivity contribution is 6.35.